The Morgan fingerprint density at radius 2 is 2.15 bits per heavy atom. The first kappa shape index (κ1) is 19.2. The molecule has 3 rings (SSSR count). The Balaban J connectivity index is 1.31. The largest absolute Gasteiger partial charge is 0.452 e. The van der Waals surface area contributed by atoms with Gasteiger partial charge in [0.25, 0.3) is 5.91 Å². The third-order valence-electron chi connectivity index (χ3n) is 3.41. The van der Waals surface area contributed by atoms with E-state index in [9.17, 15) is 9.59 Å². The maximum absolute atomic E-state index is 11.7. The molecule has 0 radical (unpaired) electrons. The molecule has 3 aromatic rings. The van der Waals surface area contributed by atoms with E-state index in [2.05, 4.69) is 16.4 Å². The van der Waals surface area contributed by atoms with Crippen molar-refractivity contribution in [1.82, 2.24) is 10.3 Å². The first-order valence-electron chi connectivity index (χ1n) is 8.28. The number of carbonyl (C=O) groups is 2. The smallest absolute Gasteiger partial charge is 0.331 e. The summed E-state index contributed by atoms with van der Waals surface area (Å²) < 4.78 is 10.4. The molecule has 0 aliphatic heterocycles. The first-order valence-corrected chi connectivity index (χ1v) is 10.3. The highest BCUT2D eigenvalue weighted by molar-refractivity contribution is 7.98. The quantitative estimate of drug-likeness (QED) is 0.335. The number of fused-ring (bicyclic) bond motifs is 1. The number of benzene rings is 1. The third kappa shape index (κ3) is 6.26. The number of nitrogens with one attached hydrogen (secondary N) is 1. The van der Waals surface area contributed by atoms with Crippen LogP contribution in [0.4, 0.5) is 0 Å². The van der Waals surface area contributed by atoms with Crippen LogP contribution in [0.1, 0.15) is 10.8 Å². The number of para-hydroxylation sites is 2. The van der Waals surface area contributed by atoms with Gasteiger partial charge in [-0.2, -0.15) is 11.8 Å². The summed E-state index contributed by atoms with van der Waals surface area (Å²) in [5.74, 6) is 1.09. The molecular formula is C19H18N2O4S2. The molecule has 0 spiro atoms. The summed E-state index contributed by atoms with van der Waals surface area (Å²) in [5, 5.41) is 4.77. The number of nitrogens with zero attached hydrogens (tertiary/aromatic N) is 1. The molecule has 0 aliphatic rings. The minimum Gasteiger partial charge on any atom is -0.452 e. The van der Waals surface area contributed by atoms with Crippen LogP contribution in [-0.4, -0.2) is 35.8 Å². The van der Waals surface area contributed by atoms with Crippen molar-refractivity contribution in [1.29, 1.82) is 0 Å². The lowest BCUT2D eigenvalue weighted by atomic mass is 10.3. The zero-order chi connectivity index (χ0) is 18.9. The first-order chi connectivity index (χ1) is 13.2. The van der Waals surface area contributed by atoms with Gasteiger partial charge < -0.3 is 14.5 Å². The van der Waals surface area contributed by atoms with Crippen LogP contribution in [0.25, 0.3) is 17.2 Å². The SMILES string of the molecule is O=C(COC(=O)/C=C/c1nc2ccccc2o1)NCCSCc1cccs1. The van der Waals surface area contributed by atoms with Crippen LogP contribution in [0.3, 0.4) is 0 Å². The van der Waals surface area contributed by atoms with E-state index < -0.39 is 5.97 Å². The molecule has 0 fully saturated rings. The maximum Gasteiger partial charge on any atom is 0.331 e. The van der Waals surface area contributed by atoms with Gasteiger partial charge >= 0.3 is 5.97 Å². The van der Waals surface area contributed by atoms with Crippen LogP contribution in [0.5, 0.6) is 0 Å². The standard InChI is InChI=1S/C19H18N2O4S2/c22-17(20-9-11-26-13-14-4-3-10-27-14)12-24-19(23)8-7-18-21-15-5-1-2-6-16(15)25-18/h1-8,10H,9,11-13H2,(H,20,22)/b8-7+. The molecule has 1 aromatic carbocycles. The molecule has 0 aliphatic carbocycles. The summed E-state index contributed by atoms with van der Waals surface area (Å²) in [4.78, 5) is 28.9. The number of ether oxygens (including phenoxy) is 1. The highest BCUT2D eigenvalue weighted by Gasteiger charge is 2.06. The van der Waals surface area contributed by atoms with Gasteiger partial charge in [0.15, 0.2) is 12.2 Å². The molecule has 1 N–H and O–H groups in total. The van der Waals surface area contributed by atoms with E-state index in [0.29, 0.717) is 23.5 Å². The molecule has 27 heavy (non-hydrogen) atoms. The van der Waals surface area contributed by atoms with E-state index in [1.165, 1.54) is 17.0 Å². The van der Waals surface area contributed by atoms with Gasteiger partial charge in [0.05, 0.1) is 0 Å². The molecule has 2 aromatic heterocycles. The molecule has 2 heterocycles. The number of aromatic nitrogens is 1. The van der Waals surface area contributed by atoms with Gasteiger partial charge in [-0.3, -0.25) is 4.79 Å². The lowest BCUT2D eigenvalue weighted by Crippen LogP contribution is -2.30. The highest BCUT2D eigenvalue weighted by Crippen LogP contribution is 2.16. The predicted molar refractivity (Wildman–Crippen MR) is 107 cm³/mol. The van der Waals surface area contributed by atoms with Crippen molar-refractivity contribution in [3.63, 3.8) is 0 Å². The van der Waals surface area contributed by atoms with Gasteiger partial charge in [-0.1, -0.05) is 18.2 Å². The fourth-order valence-electron chi connectivity index (χ4n) is 2.17. The summed E-state index contributed by atoms with van der Waals surface area (Å²) in [6, 6.07) is 11.4. The summed E-state index contributed by atoms with van der Waals surface area (Å²) in [5.41, 5.74) is 1.35. The van der Waals surface area contributed by atoms with Crippen molar-refractivity contribution >= 4 is 52.2 Å². The molecule has 0 unspecified atom stereocenters. The zero-order valence-electron chi connectivity index (χ0n) is 14.4. The van der Waals surface area contributed by atoms with Gasteiger partial charge in [0, 0.05) is 35.1 Å². The lowest BCUT2D eigenvalue weighted by Gasteiger charge is -2.05. The number of rotatable bonds is 9. The summed E-state index contributed by atoms with van der Waals surface area (Å²) in [7, 11) is 0. The van der Waals surface area contributed by atoms with Crippen molar-refractivity contribution in [3.05, 3.63) is 58.6 Å². The van der Waals surface area contributed by atoms with Crippen molar-refractivity contribution in [2.45, 2.75) is 5.75 Å². The molecule has 8 heteroatoms. The van der Waals surface area contributed by atoms with Crippen molar-refractivity contribution in [2.75, 3.05) is 18.9 Å². The molecule has 0 saturated heterocycles. The molecule has 140 valence electrons. The molecule has 0 bridgehead atoms. The molecular weight excluding hydrogens is 384 g/mol. The molecule has 0 atom stereocenters. The second-order valence-electron chi connectivity index (χ2n) is 5.44. The van der Waals surface area contributed by atoms with Crippen molar-refractivity contribution in [2.24, 2.45) is 0 Å². The van der Waals surface area contributed by atoms with Crippen molar-refractivity contribution in [3.8, 4) is 0 Å². The van der Waals surface area contributed by atoms with E-state index in [4.69, 9.17) is 9.15 Å². The van der Waals surface area contributed by atoms with Gasteiger partial charge in [-0.25, -0.2) is 9.78 Å². The Kier molecular flexibility index (Phi) is 7.06. The van der Waals surface area contributed by atoms with Gasteiger partial charge in [0.2, 0.25) is 5.89 Å². The zero-order valence-corrected chi connectivity index (χ0v) is 16.1. The number of thiophene rings is 1. The fourth-order valence-corrected chi connectivity index (χ4v) is 3.87. The average molecular weight is 402 g/mol. The summed E-state index contributed by atoms with van der Waals surface area (Å²) in [6.45, 7) is 0.220. The third-order valence-corrected chi connectivity index (χ3v) is 5.48. The van der Waals surface area contributed by atoms with Crippen LogP contribution in [0.15, 0.2) is 52.3 Å². The lowest BCUT2D eigenvalue weighted by molar-refractivity contribution is -0.143. The minimum atomic E-state index is -0.625. The number of esters is 1. The van der Waals surface area contributed by atoms with Crippen LogP contribution < -0.4 is 5.32 Å². The minimum absolute atomic E-state index is 0.306. The number of hydrogen-bond acceptors (Lipinski definition) is 7. The van der Waals surface area contributed by atoms with Gasteiger partial charge in [-0.05, 0) is 23.6 Å². The topological polar surface area (TPSA) is 81.4 Å². The number of hydrogen-bond donors (Lipinski definition) is 1. The van der Waals surface area contributed by atoms with E-state index in [-0.39, 0.29) is 12.5 Å². The molecule has 6 nitrogen and oxygen atoms in total. The predicted octanol–water partition coefficient (Wildman–Crippen LogP) is 3.50. The number of thioether (sulfide) groups is 1. The number of carbonyl (C=O) groups excluding carboxylic acids is 2. The molecule has 1 amide bonds. The van der Waals surface area contributed by atoms with E-state index in [1.807, 2.05) is 29.6 Å². The second kappa shape index (κ2) is 9.94. The highest BCUT2D eigenvalue weighted by atomic mass is 32.2. The fraction of sp³-hybridized carbons (Fsp3) is 0.211. The number of amides is 1. The summed E-state index contributed by atoms with van der Waals surface area (Å²) in [6.07, 6.45) is 2.61. The van der Waals surface area contributed by atoms with E-state index in [1.54, 1.807) is 29.2 Å². The summed E-state index contributed by atoms with van der Waals surface area (Å²) >= 11 is 3.46. The Hall–Kier alpha value is -2.58. The van der Waals surface area contributed by atoms with Crippen molar-refractivity contribution < 1.29 is 18.7 Å². The van der Waals surface area contributed by atoms with Crippen LogP contribution >= 0.6 is 23.1 Å². The Bertz CT molecular complexity index is 886. The number of oxazole rings is 1. The average Bonchev–Trinajstić information content (AvgIpc) is 3.33. The Morgan fingerprint density at radius 1 is 1.26 bits per heavy atom. The van der Waals surface area contributed by atoms with Gasteiger partial charge in [0.1, 0.15) is 5.52 Å². The van der Waals surface area contributed by atoms with E-state index >= 15 is 0 Å². The second-order valence-corrected chi connectivity index (χ2v) is 7.58. The van der Waals surface area contributed by atoms with Crippen LogP contribution in [-0.2, 0) is 20.1 Å². The maximum atomic E-state index is 11.7. The molecule has 0 saturated carbocycles. The van der Waals surface area contributed by atoms with Crippen LogP contribution in [0.2, 0.25) is 0 Å². The monoisotopic (exact) mass is 402 g/mol. The Morgan fingerprint density at radius 3 is 2.96 bits per heavy atom. The van der Waals surface area contributed by atoms with E-state index in [0.717, 1.165) is 11.5 Å². The van der Waals surface area contributed by atoms with Crippen LogP contribution in [0, 0.1) is 0 Å². The van der Waals surface area contributed by atoms with Gasteiger partial charge in [-0.15, -0.1) is 11.3 Å². The Labute approximate surface area is 164 Å². The normalized spacial score (nSPS) is 11.1.